The number of carbonyl (C=O) groups excluding carboxylic acids is 3. The monoisotopic (exact) mass is 426 g/mol. The Morgan fingerprint density at radius 3 is 2.13 bits per heavy atom. The van der Waals surface area contributed by atoms with Crippen LogP contribution in [0.15, 0.2) is 48.5 Å². The average molecular weight is 427 g/mol. The SMILES string of the molecule is O=C(c1ccc(Cl)cc1)c1ccccc1C(=O)N1CCN(C(=O)C2CCCO2)CC1. The Morgan fingerprint density at radius 1 is 0.867 bits per heavy atom. The molecule has 30 heavy (non-hydrogen) atoms. The third kappa shape index (κ3) is 4.25. The summed E-state index contributed by atoms with van der Waals surface area (Å²) in [6.07, 6.45) is 1.33. The Kier molecular flexibility index (Phi) is 6.16. The quantitative estimate of drug-likeness (QED) is 0.705. The number of ether oxygens (including phenoxy) is 1. The predicted octanol–water partition coefficient (Wildman–Crippen LogP) is 3.03. The van der Waals surface area contributed by atoms with Crippen molar-refractivity contribution in [3.63, 3.8) is 0 Å². The molecule has 2 heterocycles. The van der Waals surface area contributed by atoms with Crippen LogP contribution >= 0.6 is 11.6 Å². The number of hydrogen-bond donors (Lipinski definition) is 0. The number of carbonyl (C=O) groups is 3. The molecule has 1 unspecified atom stereocenters. The number of piperazine rings is 1. The van der Waals surface area contributed by atoms with Crippen LogP contribution in [-0.4, -0.2) is 66.3 Å². The number of benzene rings is 2. The Labute approximate surface area is 180 Å². The van der Waals surface area contributed by atoms with Crippen molar-refractivity contribution in [1.82, 2.24) is 9.80 Å². The maximum Gasteiger partial charge on any atom is 0.254 e. The van der Waals surface area contributed by atoms with Crippen LogP contribution in [0.4, 0.5) is 0 Å². The second kappa shape index (κ2) is 8.98. The summed E-state index contributed by atoms with van der Waals surface area (Å²) in [5.41, 5.74) is 1.21. The third-order valence-corrected chi connectivity index (χ3v) is 5.84. The Bertz CT molecular complexity index is 946. The van der Waals surface area contributed by atoms with Gasteiger partial charge in [0.15, 0.2) is 5.78 Å². The molecule has 7 heteroatoms. The molecule has 2 fully saturated rings. The minimum atomic E-state index is -0.343. The van der Waals surface area contributed by atoms with Gasteiger partial charge in [-0.15, -0.1) is 0 Å². The van der Waals surface area contributed by atoms with E-state index in [4.69, 9.17) is 16.3 Å². The standard InChI is InChI=1S/C23H23ClN2O4/c24-17-9-7-16(8-10-17)21(27)18-4-1-2-5-19(18)22(28)25-11-13-26(14-12-25)23(29)20-6-3-15-30-20/h1-2,4-5,7-10,20H,3,6,11-15H2. The average Bonchev–Trinajstić information content (AvgIpc) is 3.33. The van der Waals surface area contributed by atoms with E-state index in [1.165, 1.54) is 0 Å². The lowest BCUT2D eigenvalue weighted by Gasteiger charge is -2.36. The molecule has 0 N–H and O–H groups in total. The summed E-state index contributed by atoms with van der Waals surface area (Å²) in [5.74, 6) is -0.405. The fraction of sp³-hybridized carbons (Fsp3) is 0.348. The van der Waals surface area contributed by atoms with Gasteiger partial charge in [-0.1, -0.05) is 29.8 Å². The highest BCUT2D eigenvalue weighted by Gasteiger charge is 2.32. The molecule has 4 rings (SSSR count). The van der Waals surface area contributed by atoms with E-state index < -0.39 is 0 Å². The van der Waals surface area contributed by atoms with Gasteiger partial charge in [-0.05, 0) is 43.2 Å². The first kappa shape index (κ1) is 20.6. The van der Waals surface area contributed by atoms with Gasteiger partial charge in [0.25, 0.3) is 11.8 Å². The van der Waals surface area contributed by atoms with E-state index in [2.05, 4.69) is 0 Å². The second-order valence-corrected chi connectivity index (χ2v) is 7.94. The molecule has 0 aromatic heterocycles. The van der Waals surface area contributed by atoms with E-state index >= 15 is 0 Å². The second-order valence-electron chi connectivity index (χ2n) is 7.50. The van der Waals surface area contributed by atoms with Crippen LogP contribution in [0.25, 0.3) is 0 Å². The van der Waals surface area contributed by atoms with E-state index in [9.17, 15) is 14.4 Å². The topological polar surface area (TPSA) is 66.9 Å². The largest absolute Gasteiger partial charge is 0.368 e. The Hall–Kier alpha value is -2.70. The maximum atomic E-state index is 13.2. The molecule has 0 spiro atoms. The van der Waals surface area contributed by atoms with Crippen LogP contribution < -0.4 is 0 Å². The molecule has 2 aromatic rings. The van der Waals surface area contributed by atoms with Crippen LogP contribution in [-0.2, 0) is 9.53 Å². The van der Waals surface area contributed by atoms with Gasteiger partial charge in [0.1, 0.15) is 6.10 Å². The first-order chi connectivity index (χ1) is 14.5. The molecule has 2 aliphatic rings. The summed E-state index contributed by atoms with van der Waals surface area (Å²) >= 11 is 5.91. The Balaban J connectivity index is 1.46. The molecule has 2 aliphatic heterocycles. The fourth-order valence-electron chi connectivity index (χ4n) is 3.90. The van der Waals surface area contributed by atoms with E-state index in [0.29, 0.717) is 54.5 Å². The molecule has 2 saturated heterocycles. The molecule has 0 bridgehead atoms. The van der Waals surface area contributed by atoms with Crippen LogP contribution in [0.3, 0.4) is 0 Å². The summed E-state index contributed by atoms with van der Waals surface area (Å²) < 4.78 is 5.49. The maximum absolute atomic E-state index is 13.2. The number of rotatable bonds is 4. The predicted molar refractivity (Wildman–Crippen MR) is 113 cm³/mol. The summed E-state index contributed by atoms with van der Waals surface area (Å²) in [4.78, 5) is 42.1. The highest BCUT2D eigenvalue weighted by molar-refractivity contribution is 6.30. The highest BCUT2D eigenvalue weighted by atomic mass is 35.5. The van der Waals surface area contributed by atoms with Gasteiger partial charge in [-0.3, -0.25) is 14.4 Å². The summed E-state index contributed by atoms with van der Waals surface area (Å²) in [7, 11) is 0. The van der Waals surface area contributed by atoms with E-state index in [1.807, 2.05) is 0 Å². The van der Waals surface area contributed by atoms with Crippen molar-refractivity contribution in [2.45, 2.75) is 18.9 Å². The van der Waals surface area contributed by atoms with Crippen molar-refractivity contribution >= 4 is 29.2 Å². The van der Waals surface area contributed by atoms with Gasteiger partial charge in [-0.2, -0.15) is 0 Å². The smallest absolute Gasteiger partial charge is 0.254 e. The van der Waals surface area contributed by atoms with E-state index in [0.717, 1.165) is 12.8 Å². The summed E-state index contributed by atoms with van der Waals surface area (Å²) in [6.45, 7) is 2.43. The van der Waals surface area contributed by atoms with Crippen molar-refractivity contribution in [3.8, 4) is 0 Å². The zero-order chi connectivity index (χ0) is 21.1. The van der Waals surface area contributed by atoms with Crippen LogP contribution in [0.1, 0.15) is 39.1 Å². The zero-order valence-corrected chi connectivity index (χ0v) is 17.3. The van der Waals surface area contributed by atoms with Gasteiger partial charge in [0, 0.05) is 48.9 Å². The van der Waals surface area contributed by atoms with Crippen LogP contribution in [0.2, 0.25) is 5.02 Å². The molecular formula is C23H23ClN2O4. The van der Waals surface area contributed by atoms with Crippen LogP contribution in [0, 0.1) is 0 Å². The molecule has 6 nitrogen and oxygen atoms in total. The normalized spacial score (nSPS) is 19.0. The van der Waals surface area contributed by atoms with Crippen molar-refractivity contribution in [2.24, 2.45) is 0 Å². The third-order valence-electron chi connectivity index (χ3n) is 5.59. The van der Waals surface area contributed by atoms with Gasteiger partial charge >= 0.3 is 0 Å². The molecule has 2 aromatic carbocycles. The van der Waals surface area contributed by atoms with Crippen molar-refractivity contribution in [2.75, 3.05) is 32.8 Å². The number of hydrogen-bond acceptors (Lipinski definition) is 4. The number of amides is 2. The van der Waals surface area contributed by atoms with E-state index in [1.54, 1.807) is 58.3 Å². The molecule has 0 saturated carbocycles. The highest BCUT2D eigenvalue weighted by Crippen LogP contribution is 2.20. The molecular weight excluding hydrogens is 404 g/mol. The van der Waals surface area contributed by atoms with Gasteiger partial charge in [0.05, 0.1) is 5.56 Å². The lowest BCUT2D eigenvalue weighted by Crippen LogP contribution is -2.53. The minimum absolute atomic E-state index is 0.0120. The zero-order valence-electron chi connectivity index (χ0n) is 16.6. The van der Waals surface area contributed by atoms with Gasteiger partial charge in [-0.25, -0.2) is 0 Å². The Morgan fingerprint density at radius 2 is 1.50 bits per heavy atom. The summed E-state index contributed by atoms with van der Waals surface area (Å²) in [5, 5.41) is 0.548. The first-order valence-electron chi connectivity index (χ1n) is 10.1. The van der Waals surface area contributed by atoms with Crippen molar-refractivity contribution < 1.29 is 19.1 Å². The molecule has 1 atom stereocenters. The number of halogens is 1. The van der Waals surface area contributed by atoms with Crippen molar-refractivity contribution in [1.29, 1.82) is 0 Å². The molecule has 0 aliphatic carbocycles. The molecule has 156 valence electrons. The lowest BCUT2D eigenvalue weighted by atomic mass is 9.97. The number of ketones is 1. The van der Waals surface area contributed by atoms with Crippen molar-refractivity contribution in [3.05, 3.63) is 70.2 Å². The molecule has 0 radical (unpaired) electrons. The first-order valence-corrected chi connectivity index (χ1v) is 10.5. The summed E-state index contributed by atoms with van der Waals surface area (Å²) in [6, 6.07) is 13.5. The molecule has 2 amide bonds. The minimum Gasteiger partial charge on any atom is -0.368 e. The van der Waals surface area contributed by atoms with Gasteiger partial charge in [0.2, 0.25) is 0 Å². The van der Waals surface area contributed by atoms with E-state index in [-0.39, 0.29) is 23.7 Å². The van der Waals surface area contributed by atoms with Gasteiger partial charge < -0.3 is 14.5 Å². The lowest BCUT2D eigenvalue weighted by molar-refractivity contribution is -0.142. The fourth-order valence-corrected chi connectivity index (χ4v) is 4.03. The van der Waals surface area contributed by atoms with Crippen LogP contribution in [0.5, 0.6) is 0 Å². The number of nitrogens with zero attached hydrogens (tertiary/aromatic N) is 2.